The number of pyridine rings is 2. The second kappa shape index (κ2) is 8.29. The minimum atomic E-state index is -0.503. The number of rotatable bonds is 4. The molecule has 1 saturated heterocycles. The predicted octanol–water partition coefficient (Wildman–Crippen LogP) is 4.07. The fraction of sp³-hybridized carbons (Fsp3) is 0.263. The first kappa shape index (κ1) is 18.4. The highest BCUT2D eigenvalue weighted by molar-refractivity contribution is 5.86. The van der Waals surface area contributed by atoms with E-state index in [-0.39, 0.29) is 18.5 Å². The first-order chi connectivity index (χ1) is 12.3. The average Bonchev–Trinajstić information content (AvgIpc) is 2.64. The summed E-state index contributed by atoms with van der Waals surface area (Å²) in [5, 5.41) is 8.56. The number of ether oxygens (including phenoxy) is 1. The van der Waals surface area contributed by atoms with Crippen LogP contribution in [0.5, 0.6) is 5.75 Å². The minimum Gasteiger partial charge on any atom is -0.490 e. The lowest BCUT2D eigenvalue weighted by Crippen LogP contribution is -2.34. The van der Waals surface area contributed by atoms with Gasteiger partial charge in [0, 0.05) is 11.6 Å². The van der Waals surface area contributed by atoms with Crippen LogP contribution in [0.4, 0.5) is 15.9 Å². The Morgan fingerprint density at radius 1 is 1.00 bits per heavy atom. The lowest BCUT2D eigenvalue weighted by Gasteiger charge is -2.24. The molecule has 0 unspecified atom stereocenters. The van der Waals surface area contributed by atoms with Crippen molar-refractivity contribution in [3.05, 3.63) is 54.7 Å². The van der Waals surface area contributed by atoms with Crippen LogP contribution in [-0.2, 0) is 0 Å². The molecular formula is C19H20ClFN4O. The maximum Gasteiger partial charge on any atom is 0.212 e. The molecule has 5 nitrogen and oxygen atoms in total. The van der Waals surface area contributed by atoms with Gasteiger partial charge >= 0.3 is 0 Å². The van der Waals surface area contributed by atoms with E-state index in [1.54, 1.807) is 6.07 Å². The Labute approximate surface area is 157 Å². The highest BCUT2D eigenvalue weighted by Gasteiger charge is 2.14. The summed E-state index contributed by atoms with van der Waals surface area (Å²) in [5.41, 5.74) is 0.690. The van der Waals surface area contributed by atoms with Crippen LogP contribution in [0.25, 0.3) is 10.8 Å². The number of hydrogen-bond donors (Lipinski definition) is 2. The van der Waals surface area contributed by atoms with E-state index in [9.17, 15) is 4.39 Å². The van der Waals surface area contributed by atoms with Crippen molar-refractivity contribution in [2.24, 2.45) is 0 Å². The molecule has 1 aliphatic heterocycles. The molecule has 0 aliphatic carbocycles. The predicted molar refractivity (Wildman–Crippen MR) is 103 cm³/mol. The Hall–Kier alpha value is -2.44. The molecule has 7 heteroatoms. The van der Waals surface area contributed by atoms with E-state index in [1.807, 2.05) is 30.5 Å². The molecule has 0 radical (unpaired) electrons. The third-order valence-electron chi connectivity index (χ3n) is 4.28. The van der Waals surface area contributed by atoms with E-state index in [0.717, 1.165) is 42.5 Å². The third-order valence-corrected chi connectivity index (χ3v) is 4.28. The number of piperidine rings is 1. The van der Waals surface area contributed by atoms with Gasteiger partial charge in [0.05, 0.1) is 11.9 Å². The van der Waals surface area contributed by atoms with Gasteiger partial charge < -0.3 is 15.4 Å². The van der Waals surface area contributed by atoms with E-state index in [2.05, 4.69) is 20.6 Å². The molecule has 0 saturated carbocycles. The Morgan fingerprint density at radius 3 is 2.62 bits per heavy atom. The number of halogens is 2. The van der Waals surface area contributed by atoms with Gasteiger partial charge in [0.25, 0.3) is 0 Å². The summed E-state index contributed by atoms with van der Waals surface area (Å²) in [5.74, 6) is 1.05. The molecule has 3 heterocycles. The summed E-state index contributed by atoms with van der Waals surface area (Å²) < 4.78 is 19.0. The Kier molecular flexibility index (Phi) is 5.85. The normalized spacial score (nSPS) is 14.7. The van der Waals surface area contributed by atoms with Crippen molar-refractivity contribution >= 4 is 34.7 Å². The van der Waals surface area contributed by atoms with Gasteiger partial charge in [0.1, 0.15) is 17.7 Å². The molecular weight excluding hydrogens is 355 g/mol. The fourth-order valence-corrected chi connectivity index (χ4v) is 2.96. The van der Waals surface area contributed by atoms with Crippen LogP contribution in [-0.4, -0.2) is 29.2 Å². The SMILES string of the molecule is Cl.Fc1ccc(Nc2cc3cc(OC4CCNCC4)ccc3cn2)cn1. The van der Waals surface area contributed by atoms with E-state index >= 15 is 0 Å². The largest absolute Gasteiger partial charge is 0.490 e. The van der Waals surface area contributed by atoms with Crippen molar-refractivity contribution in [3.63, 3.8) is 0 Å². The van der Waals surface area contributed by atoms with Crippen LogP contribution in [0.1, 0.15) is 12.8 Å². The van der Waals surface area contributed by atoms with Crippen LogP contribution < -0.4 is 15.4 Å². The fourth-order valence-electron chi connectivity index (χ4n) is 2.96. The van der Waals surface area contributed by atoms with Gasteiger partial charge in [-0.1, -0.05) is 0 Å². The second-order valence-electron chi connectivity index (χ2n) is 6.14. The van der Waals surface area contributed by atoms with Crippen LogP contribution in [0.15, 0.2) is 48.8 Å². The molecule has 1 fully saturated rings. The number of aromatic nitrogens is 2. The summed E-state index contributed by atoms with van der Waals surface area (Å²) in [6.07, 6.45) is 5.57. The molecule has 2 N–H and O–H groups in total. The molecule has 0 amide bonds. The molecule has 0 bridgehead atoms. The maximum absolute atomic E-state index is 12.9. The maximum atomic E-state index is 12.9. The van der Waals surface area contributed by atoms with Crippen molar-refractivity contribution in [2.75, 3.05) is 18.4 Å². The molecule has 1 aliphatic rings. The summed E-state index contributed by atoms with van der Waals surface area (Å²) in [6.45, 7) is 2.00. The van der Waals surface area contributed by atoms with Crippen LogP contribution in [0.3, 0.4) is 0 Å². The Balaban J connectivity index is 0.00000196. The Morgan fingerprint density at radius 2 is 1.85 bits per heavy atom. The number of hydrogen-bond acceptors (Lipinski definition) is 5. The quantitative estimate of drug-likeness (QED) is 0.674. The average molecular weight is 375 g/mol. The summed E-state index contributed by atoms with van der Waals surface area (Å²) in [6, 6.07) is 10.9. The number of nitrogens with one attached hydrogen (secondary N) is 2. The molecule has 26 heavy (non-hydrogen) atoms. The van der Waals surface area contributed by atoms with Gasteiger partial charge in [-0.15, -0.1) is 12.4 Å². The zero-order valence-corrected chi connectivity index (χ0v) is 14.9. The van der Waals surface area contributed by atoms with Gasteiger partial charge in [0.2, 0.25) is 5.95 Å². The molecule has 0 atom stereocenters. The topological polar surface area (TPSA) is 59.1 Å². The van der Waals surface area contributed by atoms with Crippen molar-refractivity contribution in [3.8, 4) is 5.75 Å². The molecule has 0 spiro atoms. The van der Waals surface area contributed by atoms with Crippen LogP contribution >= 0.6 is 12.4 Å². The monoisotopic (exact) mass is 374 g/mol. The lowest BCUT2D eigenvalue weighted by atomic mass is 10.1. The van der Waals surface area contributed by atoms with Gasteiger partial charge in [0.15, 0.2) is 0 Å². The number of nitrogens with zero attached hydrogens (tertiary/aromatic N) is 2. The highest BCUT2D eigenvalue weighted by Crippen LogP contribution is 2.25. The third kappa shape index (κ3) is 4.39. The summed E-state index contributed by atoms with van der Waals surface area (Å²) in [7, 11) is 0. The number of benzene rings is 1. The molecule has 4 rings (SSSR count). The van der Waals surface area contributed by atoms with Gasteiger partial charge in [-0.05, 0) is 67.7 Å². The van der Waals surface area contributed by atoms with E-state index < -0.39 is 5.95 Å². The zero-order valence-electron chi connectivity index (χ0n) is 14.1. The van der Waals surface area contributed by atoms with Crippen LogP contribution in [0, 0.1) is 5.95 Å². The molecule has 136 valence electrons. The Bertz CT molecular complexity index is 869. The smallest absolute Gasteiger partial charge is 0.212 e. The summed E-state index contributed by atoms with van der Waals surface area (Å²) in [4.78, 5) is 8.02. The van der Waals surface area contributed by atoms with E-state index in [0.29, 0.717) is 11.5 Å². The zero-order chi connectivity index (χ0) is 17.1. The van der Waals surface area contributed by atoms with Gasteiger partial charge in [-0.3, -0.25) is 0 Å². The lowest BCUT2D eigenvalue weighted by molar-refractivity contribution is 0.162. The number of fused-ring (bicyclic) bond motifs is 1. The number of anilines is 2. The van der Waals surface area contributed by atoms with Crippen molar-refractivity contribution < 1.29 is 9.13 Å². The van der Waals surface area contributed by atoms with Crippen molar-refractivity contribution in [1.29, 1.82) is 0 Å². The van der Waals surface area contributed by atoms with Crippen molar-refractivity contribution in [1.82, 2.24) is 15.3 Å². The molecule has 1 aromatic carbocycles. The first-order valence-electron chi connectivity index (χ1n) is 8.42. The van der Waals surface area contributed by atoms with Crippen molar-refractivity contribution in [2.45, 2.75) is 18.9 Å². The first-order valence-corrected chi connectivity index (χ1v) is 8.42. The minimum absolute atomic E-state index is 0. The standard InChI is InChI=1S/C19H19FN4O.ClH/c20-18-4-2-15(12-22-18)24-19-10-14-9-17(3-1-13(14)11-23-19)25-16-5-7-21-8-6-16;/h1-4,9-12,16,21H,5-8H2,(H,23,24);1H. The van der Waals surface area contributed by atoms with E-state index in [1.165, 1.54) is 12.3 Å². The summed E-state index contributed by atoms with van der Waals surface area (Å²) >= 11 is 0. The van der Waals surface area contributed by atoms with Crippen LogP contribution in [0.2, 0.25) is 0 Å². The van der Waals surface area contributed by atoms with Gasteiger partial charge in [-0.2, -0.15) is 4.39 Å². The highest BCUT2D eigenvalue weighted by atomic mass is 35.5. The molecule has 2 aromatic heterocycles. The second-order valence-corrected chi connectivity index (χ2v) is 6.14. The molecule has 3 aromatic rings. The van der Waals surface area contributed by atoms with Gasteiger partial charge in [-0.25, -0.2) is 9.97 Å². The van der Waals surface area contributed by atoms with E-state index in [4.69, 9.17) is 4.74 Å².